The molecule has 23 heavy (non-hydrogen) atoms. The minimum Gasteiger partial charge on any atom is -0.481 e. The van der Waals surface area contributed by atoms with Gasteiger partial charge in [0.05, 0.1) is 35.2 Å². The molecule has 0 heterocycles. The van der Waals surface area contributed by atoms with Gasteiger partial charge in [-0.15, -0.1) is 0 Å². The average molecular weight is 338 g/mol. The van der Waals surface area contributed by atoms with Crippen LogP contribution >= 0.6 is 11.6 Å². The maximum absolute atomic E-state index is 12.4. The maximum Gasteiger partial charge on any atom is 0.337 e. The summed E-state index contributed by atoms with van der Waals surface area (Å²) in [4.78, 5) is 35.2. The molecule has 0 bridgehead atoms. The van der Waals surface area contributed by atoms with Gasteiger partial charge in [-0.3, -0.25) is 9.59 Å². The van der Waals surface area contributed by atoms with E-state index < -0.39 is 29.7 Å². The van der Waals surface area contributed by atoms with E-state index in [4.69, 9.17) is 11.6 Å². The number of nitrogens with one attached hydrogen (secondary N) is 1. The quantitative estimate of drug-likeness (QED) is 0.651. The van der Waals surface area contributed by atoms with Gasteiger partial charge in [-0.25, -0.2) is 4.79 Å². The van der Waals surface area contributed by atoms with E-state index in [0.717, 1.165) is 0 Å². The molecular weight excluding hydrogens is 322 g/mol. The van der Waals surface area contributed by atoms with Gasteiger partial charge in [-0.2, -0.15) is 0 Å². The monoisotopic (exact) mass is 337 g/mol. The Morgan fingerprint density at radius 1 is 1.22 bits per heavy atom. The van der Waals surface area contributed by atoms with Crippen LogP contribution in [0.2, 0.25) is 5.02 Å². The Kier molecular flexibility index (Phi) is 5.39. The zero-order valence-corrected chi connectivity index (χ0v) is 13.2. The lowest BCUT2D eigenvalue weighted by molar-refractivity contribution is -0.146. The second-order valence-corrected chi connectivity index (χ2v) is 5.58. The smallest absolute Gasteiger partial charge is 0.337 e. The highest BCUT2D eigenvalue weighted by atomic mass is 35.5. The van der Waals surface area contributed by atoms with E-state index in [1.807, 2.05) is 0 Å². The van der Waals surface area contributed by atoms with Gasteiger partial charge < -0.3 is 15.2 Å². The van der Waals surface area contributed by atoms with Gasteiger partial charge >= 0.3 is 11.9 Å². The van der Waals surface area contributed by atoms with Crippen molar-refractivity contribution in [2.45, 2.75) is 12.8 Å². The van der Waals surface area contributed by atoms with Crippen molar-refractivity contribution in [2.75, 3.05) is 12.4 Å². The van der Waals surface area contributed by atoms with Crippen LogP contribution in [0.3, 0.4) is 0 Å². The number of halogens is 1. The Bertz CT molecular complexity index is 670. The highest BCUT2D eigenvalue weighted by Crippen LogP contribution is 2.29. The first kappa shape index (κ1) is 17.0. The molecule has 0 aliphatic heterocycles. The van der Waals surface area contributed by atoms with Gasteiger partial charge in [-0.05, 0) is 31.0 Å². The normalized spacial score (nSPS) is 19.9. The predicted molar refractivity (Wildman–Crippen MR) is 84.4 cm³/mol. The third-order valence-corrected chi connectivity index (χ3v) is 4.06. The van der Waals surface area contributed by atoms with Crippen LogP contribution in [0.1, 0.15) is 23.2 Å². The number of benzene rings is 1. The minimum atomic E-state index is -1.01. The molecule has 0 spiro atoms. The number of rotatable bonds is 4. The van der Waals surface area contributed by atoms with Crippen LogP contribution in [0.15, 0.2) is 30.4 Å². The number of allylic oxidation sites excluding steroid dienone is 2. The number of carbonyl (C=O) groups excluding carboxylic acids is 2. The number of carbonyl (C=O) groups is 3. The fourth-order valence-electron chi connectivity index (χ4n) is 2.47. The van der Waals surface area contributed by atoms with E-state index in [2.05, 4.69) is 10.1 Å². The van der Waals surface area contributed by atoms with Gasteiger partial charge in [0.25, 0.3) is 0 Å². The molecule has 0 saturated carbocycles. The van der Waals surface area contributed by atoms with Crippen LogP contribution in [0, 0.1) is 11.8 Å². The van der Waals surface area contributed by atoms with Crippen LogP contribution in [0.5, 0.6) is 0 Å². The molecule has 2 unspecified atom stereocenters. The van der Waals surface area contributed by atoms with Gasteiger partial charge in [0.15, 0.2) is 0 Å². The molecule has 6 nitrogen and oxygen atoms in total. The molecule has 1 aromatic carbocycles. The largest absolute Gasteiger partial charge is 0.481 e. The fourth-order valence-corrected chi connectivity index (χ4v) is 2.63. The van der Waals surface area contributed by atoms with Crippen molar-refractivity contribution in [1.29, 1.82) is 0 Å². The zero-order chi connectivity index (χ0) is 17.0. The Labute approximate surface area is 138 Å². The Morgan fingerprint density at radius 3 is 2.48 bits per heavy atom. The zero-order valence-electron chi connectivity index (χ0n) is 12.4. The summed E-state index contributed by atoms with van der Waals surface area (Å²) in [6, 6.07) is 4.35. The van der Waals surface area contributed by atoms with Crippen molar-refractivity contribution in [2.24, 2.45) is 11.8 Å². The Morgan fingerprint density at radius 2 is 1.87 bits per heavy atom. The van der Waals surface area contributed by atoms with E-state index >= 15 is 0 Å². The van der Waals surface area contributed by atoms with Crippen LogP contribution < -0.4 is 5.32 Å². The van der Waals surface area contributed by atoms with Crippen LogP contribution in [-0.2, 0) is 14.3 Å². The van der Waals surface area contributed by atoms with Gasteiger partial charge in [0, 0.05) is 0 Å². The number of carboxylic acid groups (broad SMARTS) is 1. The molecule has 7 heteroatoms. The van der Waals surface area contributed by atoms with Gasteiger partial charge in [0.1, 0.15) is 0 Å². The lowest BCUT2D eigenvalue weighted by Gasteiger charge is -2.24. The molecule has 1 aliphatic carbocycles. The number of esters is 1. The molecule has 0 aromatic heterocycles. The predicted octanol–water partition coefficient (Wildman–Crippen LogP) is 2.73. The first-order valence-corrected chi connectivity index (χ1v) is 7.38. The molecule has 2 N–H and O–H groups in total. The first-order chi connectivity index (χ1) is 10.9. The number of hydrogen-bond donors (Lipinski definition) is 2. The van der Waals surface area contributed by atoms with Crippen molar-refractivity contribution in [3.63, 3.8) is 0 Å². The van der Waals surface area contributed by atoms with Crippen LogP contribution in [0.4, 0.5) is 5.69 Å². The summed E-state index contributed by atoms with van der Waals surface area (Å²) in [6.45, 7) is 0. The van der Waals surface area contributed by atoms with E-state index in [9.17, 15) is 19.5 Å². The second kappa shape index (κ2) is 7.28. The number of hydrogen-bond acceptors (Lipinski definition) is 4. The molecule has 1 amide bonds. The van der Waals surface area contributed by atoms with E-state index in [-0.39, 0.29) is 16.3 Å². The molecule has 0 radical (unpaired) electrons. The molecule has 0 fully saturated rings. The molecular formula is C16H16ClNO5. The molecule has 2 atom stereocenters. The lowest BCUT2D eigenvalue weighted by atomic mass is 9.82. The number of carboxylic acids is 1. The maximum atomic E-state index is 12.4. The summed E-state index contributed by atoms with van der Waals surface area (Å²) < 4.78 is 4.62. The van der Waals surface area contributed by atoms with Crippen molar-refractivity contribution < 1.29 is 24.2 Å². The van der Waals surface area contributed by atoms with E-state index in [1.165, 1.54) is 25.3 Å². The highest BCUT2D eigenvalue weighted by Gasteiger charge is 2.34. The molecule has 2 rings (SSSR count). The van der Waals surface area contributed by atoms with Gasteiger partial charge in [0.2, 0.25) is 5.91 Å². The van der Waals surface area contributed by atoms with Crippen molar-refractivity contribution >= 4 is 35.1 Å². The summed E-state index contributed by atoms with van der Waals surface area (Å²) in [5, 5.41) is 12.1. The number of anilines is 1. The van der Waals surface area contributed by atoms with Crippen molar-refractivity contribution in [3.05, 3.63) is 40.9 Å². The minimum absolute atomic E-state index is 0.241. The SMILES string of the molecule is COC(=O)c1ccc(Cl)c(NC(=O)C2CC=CCC2C(=O)O)c1. The van der Waals surface area contributed by atoms with Crippen molar-refractivity contribution in [3.8, 4) is 0 Å². The van der Waals surface area contributed by atoms with Gasteiger partial charge in [-0.1, -0.05) is 23.8 Å². The molecule has 122 valence electrons. The topological polar surface area (TPSA) is 92.7 Å². The van der Waals surface area contributed by atoms with Crippen LogP contribution in [0.25, 0.3) is 0 Å². The average Bonchev–Trinajstić information content (AvgIpc) is 2.56. The number of methoxy groups -OCH3 is 1. The van der Waals surface area contributed by atoms with E-state index in [1.54, 1.807) is 12.2 Å². The molecule has 0 saturated heterocycles. The van der Waals surface area contributed by atoms with E-state index in [0.29, 0.717) is 12.8 Å². The lowest BCUT2D eigenvalue weighted by Crippen LogP contribution is -2.34. The highest BCUT2D eigenvalue weighted by molar-refractivity contribution is 6.33. The summed E-state index contributed by atoms with van der Waals surface area (Å²) in [5.41, 5.74) is 0.490. The first-order valence-electron chi connectivity index (χ1n) is 7.00. The Hall–Kier alpha value is -2.34. The van der Waals surface area contributed by atoms with Crippen LogP contribution in [-0.4, -0.2) is 30.1 Å². The number of ether oxygens (including phenoxy) is 1. The molecule has 1 aromatic rings. The standard InChI is InChI=1S/C16H16ClNO5/c1-23-16(22)9-6-7-12(17)13(8-9)18-14(19)10-4-2-3-5-11(10)15(20)21/h2-3,6-8,10-11H,4-5H2,1H3,(H,18,19)(H,20,21). The third-order valence-electron chi connectivity index (χ3n) is 3.73. The van der Waals surface area contributed by atoms with Crippen molar-refractivity contribution in [1.82, 2.24) is 0 Å². The Balaban J connectivity index is 2.21. The number of aliphatic carboxylic acids is 1. The second-order valence-electron chi connectivity index (χ2n) is 5.17. The summed E-state index contributed by atoms with van der Waals surface area (Å²) >= 11 is 6.03. The summed E-state index contributed by atoms with van der Waals surface area (Å²) in [7, 11) is 1.25. The number of amides is 1. The summed E-state index contributed by atoms with van der Waals surface area (Å²) in [5.74, 6) is -3.46. The third kappa shape index (κ3) is 3.90. The fraction of sp³-hybridized carbons (Fsp3) is 0.312. The summed E-state index contributed by atoms with van der Waals surface area (Å²) in [6.07, 6.45) is 4.20. The molecule has 1 aliphatic rings.